The van der Waals surface area contributed by atoms with Gasteiger partial charge >= 0.3 is 0 Å². The molecule has 1 aromatic heterocycles. The molecular weight excluding hydrogens is 338 g/mol. The summed E-state index contributed by atoms with van der Waals surface area (Å²) in [6.45, 7) is 4.48. The summed E-state index contributed by atoms with van der Waals surface area (Å²) in [7, 11) is 1.72. The van der Waals surface area contributed by atoms with Crippen LogP contribution in [0.3, 0.4) is 0 Å². The maximum absolute atomic E-state index is 12.6. The van der Waals surface area contributed by atoms with E-state index in [0.717, 1.165) is 16.5 Å². The Morgan fingerprint density at radius 1 is 1.11 bits per heavy atom. The molecule has 0 aliphatic carbocycles. The lowest BCUT2D eigenvalue weighted by atomic mass is 10.1. The topological polar surface area (TPSA) is 62.3 Å². The zero-order valence-corrected chi connectivity index (χ0v) is 15.2. The van der Waals surface area contributed by atoms with E-state index in [-0.39, 0.29) is 11.8 Å². The molecule has 27 heavy (non-hydrogen) atoms. The van der Waals surface area contributed by atoms with E-state index in [4.69, 9.17) is 0 Å². The maximum Gasteiger partial charge on any atom is 0.253 e. The van der Waals surface area contributed by atoms with Gasteiger partial charge in [0.25, 0.3) is 11.8 Å². The van der Waals surface area contributed by atoms with E-state index in [2.05, 4.69) is 16.9 Å². The molecule has 0 aliphatic rings. The number of nitrogens with one attached hydrogen (secondary N) is 1. The van der Waals surface area contributed by atoms with Gasteiger partial charge in [-0.15, -0.1) is 0 Å². The number of carbonyl (C=O) groups is 2. The Bertz CT molecular complexity index is 980. The summed E-state index contributed by atoms with van der Waals surface area (Å²) in [6.07, 6.45) is 3.45. The number of rotatable bonds is 6. The molecule has 1 heterocycles. The molecular formula is C22H21N3O2. The molecule has 3 rings (SSSR count). The maximum atomic E-state index is 12.6. The molecule has 0 aliphatic heterocycles. The first kappa shape index (κ1) is 18.3. The van der Waals surface area contributed by atoms with Gasteiger partial charge in [-0.1, -0.05) is 30.9 Å². The minimum absolute atomic E-state index is 0.0923. The first-order chi connectivity index (χ1) is 13.1. The highest BCUT2D eigenvalue weighted by Crippen LogP contribution is 2.14. The van der Waals surface area contributed by atoms with Gasteiger partial charge in [0.2, 0.25) is 0 Å². The van der Waals surface area contributed by atoms with Gasteiger partial charge in [0, 0.05) is 42.8 Å². The predicted octanol–water partition coefficient (Wildman–Crippen LogP) is 3.38. The van der Waals surface area contributed by atoms with Gasteiger partial charge in [0.05, 0.1) is 5.52 Å². The smallest absolute Gasteiger partial charge is 0.253 e. The number of aromatic nitrogens is 1. The van der Waals surface area contributed by atoms with Crippen molar-refractivity contribution in [2.75, 3.05) is 20.1 Å². The molecule has 136 valence electrons. The third-order valence-electron chi connectivity index (χ3n) is 4.34. The molecule has 0 unspecified atom stereocenters. The highest BCUT2D eigenvalue weighted by Gasteiger charge is 2.13. The molecule has 2 aromatic carbocycles. The second kappa shape index (κ2) is 8.27. The molecule has 0 atom stereocenters. The number of carbonyl (C=O) groups excluding carboxylic acids is 2. The number of amides is 2. The Morgan fingerprint density at radius 3 is 2.59 bits per heavy atom. The number of fused-ring (bicyclic) bond motifs is 1. The summed E-state index contributed by atoms with van der Waals surface area (Å²) in [4.78, 5) is 30.6. The SMILES string of the molecule is C=Cc1ccc(C(=O)NCCN(C)C(=O)c2ccc3ncccc3c2)cc1. The van der Waals surface area contributed by atoms with E-state index in [1.54, 1.807) is 42.4 Å². The zero-order valence-electron chi connectivity index (χ0n) is 15.2. The lowest BCUT2D eigenvalue weighted by Gasteiger charge is -2.18. The van der Waals surface area contributed by atoms with Crippen LogP contribution in [0.1, 0.15) is 26.3 Å². The standard InChI is InChI=1S/C22H21N3O2/c1-3-16-6-8-17(9-7-16)21(26)24-13-14-25(2)22(27)19-10-11-20-18(15-19)5-4-12-23-20/h3-12,15H,1,13-14H2,2H3,(H,24,26). The van der Waals surface area contributed by atoms with Gasteiger partial charge in [0.1, 0.15) is 0 Å². The fourth-order valence-electron chi connectivity index (χ4n) is 2.74. The van der Waals surface area contributed by atoms with Crippen molar-refractivity contribution in [3.63, 3.8) is 0 Å². The molecule has 0 radical (unpaired) electrons. The molecule has 1 N–H and O–H groups in total. The molecule has 0 spiro atoms. The number of likely N-dealkylation sites (N-methyl/N-ethyl adjacent to an activating group) is 1. The van der Waals surface area contributed by atoms with Gasteiger partial charge in [0.15, 0.2) is 0 Å². The highest BCUT2D eigenvalue weighted by molar-refractivity contribution is 5.98. The molecule has 0 saturated carbocycles. The Labute approximate surface area is 158 Å². The van der Waals surface area contributed by atoms with Crippen molar-refractivity contribution < 1.29 is 9.59 Å². The van der Waals surface area contributed by atoms with Crippen LogP contribution in [-0.4, -0.2) is 41.8 Å². The van der Waals surface area contributed by atoms with E-state index < -0.39 is 0 Å². The summed E-state index contributed by atoms with van der Waals surface area (Å²) in [5.41, 5.74) is 3.00. The number of nitrogens with zero attached hydrogens (tertiary/aromatic N) is 2. The molecule has 5 heteroatoms. The summed E-state index contributed by atoms with van der Waals surface area (Å²) in [5.74, 6) is -0.256. The van der Waals surface area contributed by atoms with Crippen molar-refractivity contribution in [1.82, 2.24) is 15.2 Å². The molecule has 5 nitrogen and oxygen atoms in total. The van der Waals surface area contributed by atoms with E-state index in [0.29, 0.717) is 24.2 Å². The lowest BCUT2D eigenvalue weighted by Crippen LogP contribution is -2.36. The Kier molecular flexibility index (Phi) is 5.61. The fourth-order valence-corrected chi connectivity index (χ4v) is 2.74. The fraction of sp³-hybridized carbons (Fsp3) is 0.136. The van der Waals surface area contributed by atoms with E-state index in [1.165, 1.54) is 0 Å². The summed E-state index contributed by atoms with van der Waals surface area (Å²) in [5, 5.41) is 3.76. The van der Waals surface area contributed by atoms with Crippen LogP contribution in [-0.2, 0) is 0 Å². The van der Waals surface area contributed by atoms with E-state index in [9.17, 15) is 9.59 Å². The first-order valence-corrected chi connectivity index (χ1v) is 8.69. The van der Waals surface area contributed by atoms with Gasteiger partial charge in [-0.2, -0.15) is 0 Å². The van der Waals surface area contributed by atoms with E-state index in [1.807, 2.05) is 36.4 Å². The van der Waals surface area contributed by atoms with E-state index >= 15 is 0 Å². The van der Waals surface area contributed by atoms with Gasteiger partial charge in [-0.25, -0.2) is 0 Å². The summed E-state index contributed by atoms with van der Waals surface area (Å²) < 4.78 is 0. The van der Waals surface area contributed by atoms with Crippen LogP contribution >= 0.6 is 0 Å². The van der Waals surface area contributed by atoms with Crippen molar-refractivity contribution in [2.24, 2.45) is 0 Å². The average molecular weight is 359 g/mol. The van der Waals surface area contributed by atoms with Gasteiger partial charge < -0.3 is 10.2 Å². The minimum atomic E-state index is -0.164. The third-order valence-corrected chi connectivity index (χ3v) is 4.34. The van der Waals surface area contributed by atoms with Crippen molar-refractivity contribution in [3.8, 4) is 0 Å². The first-order valence-electron chi connectivity index (χ1n) is 8.69. The van der Waals surface area contributed by atoms with Crippen molar-refractivity contribution in [1.29, 1.82) is 0 Å². The summed E-state index contributed by atoms with van der Waals surface area (Å²) >= 11 is 0. The number of pyridine rings is 1. The summed E-state index contributed by atoms with van der Waals surface area (Å²) in [6, 6.07) is 16.4. The molecule has 0 fully saturated rings. The second-order valence-corrected chi connectivity index (χ2v) is 6.22. The third kappa shape index (κ3) is 4.39. The lowest BCUT2D eigenvalue weighted by molar-refractivity contribution is 0.0787. The number of hydrogen-bond donors (Lipinski definition) is 1. The molecule has 0 bridgehead atoms. The normalized spacial score (nSPS) is 10.4. The van der Waals surface area contributed by atoms with Crippen LogP contribution in [0.15, 0.2) is 67.4 Å². The molecule has 0 saturated heterocycles. The monoisotopic (exact) mass is 359 g/mol. The molecule has 3 aromatic rings. The van der Waals surface area contributed by atoms with Crippen molar-refractivity contribution in [2.45, 2.75) is 0 Å². The molecule has 2 amide bonds. The van der Waals surface area contributed by atoms with Crippen LogP contribution in [0.4, 0.5) is 0 Å². The van der Waals surface area contributed by atoms with Crippen LogP contribution in [0.25, 0.3) is 17.0 Å². The van der Waals surface area contributed by atoms with Gasteiger partial charge in [-0.3, -0.25) is 14.6 Å². The van der Waals surface area contributed by atoms with Crippen molar-refractivity contribution in [3.05, 3.63) is 84.1 Å². The predicted molar refractivity (Wildman–Crippen MR) is 108 cm³/mol. The van der Waals surface area contributed by atoms with Crippen LogP contribution in [0, 0.1) is 0 Å². The van der Waals surface area contributed by atoms with Crippen LogP contribution in [0.2, 0.25) is 0 Å². The minimum Gasteiger partial charge on any atom is -0.350 e. The quantitative estimate of drug-likeness (QED) is 0.734. The van der Waals surface area contributed by atoms with Gasteiger partial charge in [-0.05, 0) is 42.0 Å². The average Bonchev–Trinajstić information content (AvgIpc) is 2.72. The van der Waals surface area contributed by atoms with Crippen molar-refractivity contribution >= 4 is 28.8 Å². The zero-order chi connectivity index (χ0) is 19.2. The number of hydrogen-bond acceptors (Lipinski definition) is 3. The largest absolute Gasteiger partial charge is 0.350 e. The Hall–Kier alpha value is -3.47. The second-order valence-electron chi connectivity index (χ2n) is 6.22. The van der Waals surface area contributed by atoms with Crippen LogP contribution < -0.4 is 5.32 Å². The Morgan fingerprint density at radius 2 is 1.85 bits per heavy atom. The highest BCUT2D eigenvalue weighted by atomic mass is 16.2. The van der Waals surface area contributed by atoms with Crippen LogP contribution in [0.5, 0.6) is 0 Å². The Balaban J connectivity index is 1.55. The number of benzene rings is 2.